The third-order valence-electron chi connectivity index (χ3n) is 4.31. The third-order valence-corrected chi connectivity index (χ3v) is 4.31. The Labute approximate surface area is 134 Å². The number of ether oxygens (including phenoxy) is 1. The van der Waals surface area contributed by atoms with Crippen LogP contribution >= 0.6 is 0 Å². The lowest BCUT2D eigenvalue weighted by Crippen LogP contribution is -2.52. The number of hydrogen-bond donors (Lipinski definition) is 2. The summed E-state index contributed by atoms with van der Waals surface area (Å²) in [5.41, 5.74) is 6.80. The SMILES string of the molecule is COc1ccc2c(c1)NC(=O)[C@@](Cc1ccccc1)(C(N)=O)C2. The zero-order chi connectivity index (χ0) is 16.4. The largest absolute Gasteiger partial charge is 0.497 e. The Morgan fingerprint density at radius 2 is 2.00 bits per heavy atom. The van der Waals surface area contributed by atoms with Gasteiger partial charge in [0, 0.05) is 11.8 Å². The van der Waals surface area contributed by atoms with Gasteiger partial charge < -0.3 is 15.8 Å². The van der Waals surface area contributed by atoms with E-state index in [0.29, 0.717) is 11.4 Å². The first-order chi connectivity index (χ1) is 11.0. The van der Waals surface area contributed by atoms with Crippen molar-refractivity contribution in [2.75, 3.05) is 12.4 Å². The molecular weight excluding hydrogens is 292 g/mol. The molecular formula is C18H18N2O3. The Balaban J connectivity index is 2.00. The van der Waals surface area contributed by atoms with Crippen LogP contribution in [0.1, 0.15) is 11.1 Å². The summed E-state index contributed by atoms with van der Waals surface area (Å²) in [7, 11) is 1.56. The minimum atomic E-state index is -1.27. The number of hydrogen-bond acceptors (Lipinski definition) is 3. The molecule has 0 saturated heterocycles. The van der Waals surface area contributed by atoms with Gasteiger partial charge in [-0.1, -0.05) is 36.4 Å². The number of benzene rings is 2. The number of methoxy groups -OCH3 is 1. The minimum Gasteiger partial charge on any atom is -0.497 e. The topological polar surface area (TPSA) is 81.4 Å². The van der Waals surface area contributed by atoms with Crippen LogP contribution in [0.15, 0.2) is 48.5 Å². The molecule has 0 aliphatic carbocycles. The van der Waals surface area contributed by atoms with Gasteiger partial charge >= 0.3 is 0 Å². The molecule has 0 radical (unpaired) electrons. The zero-order valence-corrected chi connectivity index (χ0v) is 12.8. The molecule has 0 unspecified atom stereocenters. The van der Waals surface area contributed by atoms with Gasteiger partial charge in [-0.25, -0.2) is 0 Å². The minimum absolute atomic E-state index is 0.278. The van der Waals surface area contributed by atoms with E-state index in [0.717, 1.165) is 11.1 Å². The summed E-state index contributed by atoms with van der Waals surface area (Å²) in [5, 5.41) is 2.81. The summed E-state index contributed by atoms with van der Waals surface area (Å²) >= 11 is 0. The van der Waals surface area contributed by atoms with Crippen LogP contribution < -0.4 is 15.8 Å². The smallest absolute Gasteiger partial charge is 0.240 e. The molecule has 23 heavy (non-hydrogen) atoms. The first kappa shape index (κ1) is 15.1. The second kappa shape index (κ2) is 5.76. The molecule has 2 aromatic carbocycles. The van der Waals surface area contributed by atoms with Gasteiger partial charge in [-0.2, -0.15) is 0 Å². The van der Waals surface area contributed by atoms with E-state index in [2.05, 4.69) is 5.32 Å². The predicted molar refractivity (Wildman–Crippen MR) is 87.1 cm³/mol. The number of carbonyl (C=O) groups excluding carboxylic acids is 2. The summed E-state index contributed by atoms with van der Waals surface area (Å²) in [5.74, 6) is -0.325. The van der Waals surface area contributed by atoms with Crippen molar-refractivity contribution in [3.8, 4) is 5.75 Å². The van der Waals surface area contributed by atoms with Crippen LogP contribution in [0, 0.1) is 5.41 Å². The fraction of sp³-hybridized carbons (Fsp3) is 0.222. The van der Waals surface area contributed by atoms with Gasteiger partial charge in [0.25, 0.3) is 0 Å². The molecule has 2 aromatic rings. The average Bonchev–Trinajstić information content (AvgIpc) is 2.55. The van der Waals surface area contributed by atoms with Gasteiger partial charge in [-0.05, 0) is 30.0 Å². The lowest BCUT2D eigenvalue weighted by Gasteiger charge is -2.34. The van der Waals surface area contributed by atoms with Crippen LogP contribution in [0.2, 0.25) is 0 Å². The van der Waals surface area contributed by atoms with E-state index >= 15 is 0 Å². The lowest BCUT2D eigenvalue weighted by molar-refractivity contribution is -0.138. The van der Waals surface area contributed by atoms with Crippen LogP contribution in [0.5, 0.6) is 5.75 Å². The van der Waals surface area contributed by atoms with Crippen molar-refractivity contribution in [2.24, 2.45) is 11.1 Å². The van der Waals surface area contributed by atoms with E-state index < -0.39 is 11.3 Å². The maximum Gasteiger partial charge on any atom is 0.240 e. The highest BCUT2D eigenvalue weighted by Gasteiger charge is 2.47. The molecule has 0 aromatic heterocycles. The van der Waals surface area contributed by atoms with Crippen LogP contribution in [0.25, 0.3) is 0 Å². The summed E-state index contributed by atoms with van der Waals surface area (Å²) < 4.78 is 5.17. The average molecular weight is 310 g/mol. The molecule has 5 nitrogen and oxygen atoms in total. The Hall–Kier alpha value is -2.82. The van der Waals surface area contributed by atoms with Crippen molar-refractivity contribution < 1.29 is 14.3 Å². The van der Waals surface area contributed by atoms with E-state index in [1.807, 2.05) is 42.5 Å². The van der Waals surface area contributed by atoms with Crippen molar-refractivity contribution >= 4 is 17.5 Å². The number of amides is 2. The summed E-state index contributed by atoms with van der Waals surface area (Å²) in [6, 6.07) is 14.8. The number of anilines is 1. The number of nitrogens with two attached hydrogens (primary N) is 1. The highest BCUT2D eigenvalue weighted by atomic mass is 16.5. The number of carbonyl (C=O) groups is 2. The van der Waals surface area contributed by atoms with Gasteiger partial charge in [0.15, 0.2) is 0 Å². The van der Waals surface area contributed by atoms with E-state index in [1.165, 1.54) is 0 Å². The summed E-state index contributed by atoms with van der Waals surface area (Å²) in [6.07, 6.45) is 0.558. The number of nitrogens with one attached hydrogen (secondary N) is 1. The quantitative estimate of drug-likeness (QED) is 0.846. The Morgan fingerprint density at radius 1 is 1.26 bits per heavy atom. The van der Waals surface area contributed by atoms with Crippen molar-refractivity contribution in [2.45, 2.75) is 12.8 Å². The second-order valence-electron chi connectivity index (χ2n) is 5.76. The van der Waals surface area contributed by atoms with Crippen LogP contribution in [0.4, 0.5) is 5.69 Å². The molecule has 1 heterocycles. The van der Waals surface area contributed by atoms with Crippen LogP contribution in [0.3, 0.4) is 0 Å². The zero-order valence-electron chi connectivity index (χ0n) is 12.8. The molecule has 5 heteroatoms. The molecule has 0 fully saturated rings. The Morgan fingerprint density at radius 3 is 2.65 bits per heavy atom. The number of rotatable bonds is 4. The predicted octanol–water partition coefficient (Wildman–Crippen LogP) is 1.90. The van der Waals surface area contributed by atoms with E-state index in [-0.39, 0.29) is 18.7 Å². The summed E-state index contributed by atoms with van der Waals surface area (Å²) in [4.78, 5) is 24.8. The third kappa shape index (κ3) is 2.65. The maximum absolute atomic E-state index is 12.7. The van der Waals surface area contributed by atoms with E-state index in [1.54, 1.807) is 13.2 Å². The molecule has 3 rings (SSSR count). The van der Waals surface area contributed by atoms with E-state index in [9.17, 15) is 9.59 Å². The molecule has 2 amide bonds. The van der Waals surface area contributed by atoms with Gasteiger partial charge in [0.2, 0.25) is 11.8 Å². The standard InChI is InChI=1S/C18H18N2O3/c1-23-14-8-7-13-11-18(16(19)21,17(22)20-15(13)9-14)10-12-5-3-2-4-6-12/h2-9H,10-11H2,1H3,(H2,19,21)(H,20,22)/t18-/m1/s1. The van der Waals surface area contributed by atoms with Crippen molar-refractivity contribution in [1.29, 1.82) is 0 Å². The van der Waals surface area contributed by atoms with Crippen molar-refractivity contribution in [3.63, 3.8) is 0 Å². The van der Waals surface area contributed by atoms with Crippen LogP contribution in [-0.4, -0.2) is 18.9 Å². The highest BCUT2D eigenvalue weighted by molar-refractivity contribution is 6.12. The molecule has 0 saturated carbocycles. The fourth-order valence-electron chi connectivity index (χ4n) is 2.97. The van der Waals surface area contributed by atoms with Crippen molar-refractivity contribution in [1.82, 2.24) is 0 Å². The van der Waals surface area contributed by atoms with Crippen molar-refractivity contribution in [3.05, 3.63) is 59.7 Å². The van der Waals surface area contributed by atoms with E-state index in [4.69, 9.17) is 10.5 Å². The molecule has 3 N–H and O–H groups in total. The molecule has 1 aliphatic rings. The van der Waals surface area contributed by atoms with Crippen LogP contribution in [-0.2, 0) is 22.4 Å². The summed E-state index contributed by atoms with van der Waals surface area (Å²) in [6.45, 7) is 0. The fourth-order valence-corrected chi connectivity index (χ4v) is 2.97. The molecule has 0 spiro atoms. The molecule has 1 atom stereocenters. The lowest BCUT2D eigenvalue weighted by atomic mass is 9.72. The number of primary amides is 1. The first-order valence-electron chi connectivity index (χ1n) is 7.37. The number of fused-ring (bicyclic) bond motifs is 1. The Kier molecular flexibility index (Phi) is 3.78. The maximum atomic E-state index is 12.7. The molecule has 0 bridgehead atoms. The first-order valence-corrected chi connectivity index (χ1v) is 7.37. The monoisotopic (exact) mass is 310 g/mol. The second-order valence-corrected chi connectivity index (χ2v) is 5.76. The van der Waals surface area contributed by atoms with Gasteiger partial charge in [0.05, 0.1) is 7.11 Å². The van der Waals surface area contributed by atoms with Gasteiger partial charge in [-0.15, -0.1) is 0 Å². The van der Waals surface area contributed by atoms with Gasteiger partial charge in [-0.3, -0.25) is 9.59 Å². The highest BCUT2D eigenvalue weighted by Crippen LogP contribution is 2.38. The Bertz CT molecular complexity index is 758. The normalized spacial score (nSPS) is 19.6. The molecule has 1 aliphatic heterocycles. The van der Waals surface area contributed by atoms with Gasteiger partial charge in [0.1, 0.15) is 11.2 Å². The molecule has 118 valence electrons.